The number of hydrogen-bond acceptors (Lipinski definition) is 7. The molecule has 3 aromatic rings. The summed E-state index contributed by atoms with van der Waals surface area (Å²) < 4.78 is 10.9. The van der Waals surface area contributed by atoms with Crippen LogP contribution in [0.3, 0.4) is 0 Å². The Balaban J connectivity index is 1.47. The molecule has 4 rings (SSSR count). The zero-order valence-electron chi connectivity index (χ0n) is 20.3. The Labute approximate surface area is 222 Å². The Morgan fingerprint density at radius 3 is 2.65 bits per heavy atom. The minimum atomic E-state index is -0.583. The lowest BCUT2D eigenvalue weighted by Gasteiger charge is -2.14. The van der Waals surface area contributed by atoms with E-state index in [4.69, 9.17) is 20.8 Å². The second-order valence-corrected chi connectivity index (χ2v) is 9.65. The quantitative estimate of drug-likeness (QED) is 0.287. The number of rotatable bonds is 7. The molecular weight excluding hydrogens is 516 g/mol. The fraction of sp³-hybridized carbons (Fsp3) is 0.185. The maximum atomic E-state index is 12.9. The number of benzene rings is 2. The van der Waals surface area contributed by atoms with Crippen LogP contribution in [0.15, 0.2) is 57.9 Å². The fourth-order valence-electron chi connectivity index (χ4n) is 3.60. The normalized spacial score (nSPS) is 14.4. The molecular formula is C27H23ClN2O6S. The highest BCUT2D eigenvalue weighted by Gasteiger charge is 2.36. The molecule has 0 spiro atoms. The van der Waals surface area contributed by atoms with E-state index in [-0.39, 0.29) is 22.1 Å². The molecule has 1 fully saturated rings. The fourth-order valence-corrected chi connectivity index (χ4v) is 4.61. The second-order valence-electron chi connectivity index (χ2n) is 8.25. The van der Waals surface area contributed by atoms with Crippen LogP contribution in [0.4, 0.5) is 10.5 Å². The van der Waals surface area contributed by atoms with E-state index in [1.54, 1.807) is 37.3 Å². The average molecular weight is 539 g/mol. The van der Waals surface area contributed by atoms with Gasteiger partial charge in [0, 0.05) is 17.3 Å². The Kier molecular flexibility index (Phi) is 7.85. The predicted molar refractivity (Wildman–Crippen MR) is 142 cm³/mol. The molecule has 10 heteroatoms. The van der Waals surface area contributed by atoms with E-state index in [0.717, 1.165) is 27.8 Å². The SMILES string of the molecule is CCOC(=O)c1cc(-c2ccc(/C=C3/SC(=O)N(CC(=O)Nc4cc(C)ccc4C)C3=O)o2)ccc1Cl. The highest BCUT2D eigenvalue weighted by atomic mass is 35.5. The van der Waals surface area contributed by atoms with Crippen molar-refractivity contribution in [1.29, 1.82) is 0 Å². The Bertz CT molecular complexity index is 1440. The number of carbonyl (C=O) groups is 4. The lowest BCUT2D eigenvalue weighted by molar-refractivity contribution is -0.127. The first kappa shape index (κ1) is 26.2. The van der Waals surface area contributed by atoms with Gasteiger partial charge >= 0.3 is 5.97 Å². The molecule has 2 heterocycles. The third-order valence-corrected chi connectivity index (χ3v) is 6.73. The van der Waals surface area contributed by atoms with Crippen molar-refractivity contribution < 1.29 is 28.3 Å². The summed E-state index contributed by atoms with van der Waals surface area (Å²) in [5.74, 6) is -0.845. The maximum absolute atomic E-state index is 12.9. The van der Waals surface area contributed by atoms with Gasteiger partial charge in [-0.1, -0.05) is 23.7 Å². The summed E-state index contributed by atoms with van der Waals surface area (Å²) in [7, 11) is 0. The van der Waals surface area contributed by atoms with Crippen LogP contribution in [0.5, 0.6) is 0 Å². The number of ether oxygens (including phenoxy) is 1. The first-order valence-corrected chi connectivity index (χ1v) is 12.5. The standard InChI is InChI=1S/C27H23ClN2O6S/c1-4-35-26(33)19-12-17(7-9-20(19)28)22-10-8-18(36-22)13-23-25(32)30(27(34)37-23)14-24(31)29-21-11-15(2)5-6-16(21)3/h5-13H,4,14H2,1-3H3,(H,29,31)/b23-13+. The molecule has 0 aliphatic carbocycles. The van der Waals surface area contributed by atoms with Gasteiger partial charge in [-0.3, -0.25) is 19.3 Å². The van der Waals surface area contributed by atoms with Crippen molar-refractivity contribution in [3.8, 4) is 11.3 Å². The first-order chi connectivity index (χ1) is 17.7. The van der Waals surface area contributed by atoms with Crippen molar-refractivity contribution in [2.75, 3.05) is 18.5 Å². The van der Waals surface area contributed by atoms with Gasteiger partial charge < -0.3 is 14.5 Å². The van der Waals surface area contributed by atoms with Crippen molar-refractivity contribution >= 4 is 58.1 Å². The topological polar surface area (TPSA) is 106 Å². The van der Waals surface area contributed by atoms with Gasteiger partial charge in [0.1, 0.15) is 18.1 Å². The number of nitrogens with zero attached hydrogens (tertiary/aromatic N) is 1. The molecule has 1 aromatic heterocycles. The second kappa shape index (κ2) is 11.1. The lowest BCUT2D eigenvalue weighted by Crippen LogP contribution is -2.36. The van der Waals surface area contributed by atoms with Crippen molar-refractivity contribution in [3.63, 3.8) is 0 Å². The van der Waals surface area contributed by atoms with Gasteiger partial charge in [-0.25, -0.2) is 4.79 Å². The monoisotopic (exact) mass is 538 g/mol. The van der Waals surface area contributed by atoms with E-state index in [0.29, 0.717) is 22.8 Å². The Hall–Kier alpha value is -3.82. The Morgan fingerprint density at radius 2 is 1.89 bits per heavy atom. The van der Waals surface area contributed by atoms with Crippen LogP contribution in [0.1, 0.15) is 34.2 Å². The molecule has 1 saturated heterocycles. The highest BCUT2D eigenvalue weighted by Crippen LogP contribution is 2.34. The molecule has 0 bridgehead atoms. The molecule has 1 aliphatic rings. The van der Waals surface area contributed by atoms with Crippen LogP contribution in [-0.2, 0) is 14.3 Å². The number of aryl methyl sites for hydroxylation is 2. The van der Waals surface area contributed by atoms with Crippen molar-refractivity contribution in [2.24, 2.45) is 0 Å². The number of furan rings is 1. The number of carbonyl (C=O) groups excluding carboxylic acids is 4. The van der Waals surface area contributed by atoms with Crippen LogP contribution in [-0.4, -0.2) is 41.1 Å². The number of esters is 1. The summed E-state index contributed by atoms with van der Waals surface area (Å²) in [6.07, 6.45) is 1.44. The molecule has 0 radical (unpaired) electrons. The number of nitrogens with one attached hydrogen (secondary N) is 1. The Morgan fingerprint density at radius 1 is 1.11 bits per heavy atom. The largest absolute Gasteiger partial charge is 0.462 e. The number of hydrogen-bond donors (Lipinski definition) is 1. The van der Waals surface area contributed by atoms with E-state index in [1.165, 1.54) is 6.08 Å². The molecule has 190 valence electrons. The van der Waals surface area contributed by atoms with Gasteiger partial charge in [-0.2, -0.15) is 0 Å². The van der Waals surface area contributed by atoms with Crippen molar-refractivity contribution in [2.45, 2.75) is 20.8 Å². The zero-order chi connectivity index (χ0) is 26.7. The van der Waals surface area contributed by atoms with Gasteiger partial charge in [0.2, 0.25) is 5.91 Å². The molecule has 3 amide bonds. The van der Waals surface area contributed by atoms with Crippen molar-refractivity contribution in [3.05, 3.63) is 80.9 Å². The summed E-state index contributed by atoms with van der Waals surface area (Å²) in [5, 5.41) is 2.46. The van der Waals surface area contributed by atoms with E-state index in [2.05, 4.69) is 5.32 Å². The first-order valence-electron chi connectivity index (χ1n) is 11.4. The molecule has 0 unspecified atom stereocenters. The van der Waals surface area contributed by atoms with E-state index >= 15 is 0 Å². The van der Waals surface area contributed by atoms with E-state index in [9.17, 15) is 19.2 Å². The average Bonchev–Trinajstić information content (AvgIpc) is 3.42. The molecule has 0 saturated carbocycles. The van der Waals surface area contributed by atoms with Crippen LogP contribution < -0.4 is 5.32 Å². The predicted octanol–water partition coefficient (Wildman–Crippen LogP) is 6.07. The van der Waals surface area contributed by atoms with Gasteiger partial charge in [0.15, 0.2) is 0 Å². The summed E-state index contributed by atoms with van der Waals surface area (Å²) >= 11 is 6.86. The number of imide groups is 1. The lowest BCUT2D eigenvalue weighted by atomic mass is 10.1. The molecule has 8 nitrogen and oxygen atoms in total. The molecule has 37 heavy (non-hydrogen) atoms. The summed E-state index contributed by atoms with van der Waals surface area (Å²) in [4.78, 5) is 51.0. The minimum absolute atomic E-state index is 0.133. The van der Waals surface area contributed by atoms with Crippen LogP contribution in [0.2, 0.25) is 5.02 Å². The third-order valence-electron chi connectivity index (χ3n) is 5.49. The molecule has 1 N–H and O–H groups in total. The summed E-state index contributed by atoms with van der Waals surface area (Å²) in [6.45, 7) is 5.28. The van der Waals surface area contributed by atoms with Gasteiger partial charge in [0.05, 0.1) is 22.1 Å². The van der Waals surface area contributed by atoms with Gasteiger partial charge in [-0.05, 0) is 80.1 Å². The van der Waals surface area contributed by atoms with Gasteiger partial charge in [0.25, 0.3) is 11.1 Å². The smallest absolute Gasteiger partial charge is 0.339 e. The van der Waals surface area contributed by atoms with Crippen LogP contribution >= 0.6 is 23.4 Å². The van der Waals surface area contributed by atoms with Crippen LogP contribution in [0.25, 0.3) is 17.4 Å². The highest BCUT2D eigenvalue weighted by molar-refractivity contribution is 8.18. The number of anilines is 1. The molecule has 0 atom stereocenters. The zero-order valence-corrected chi connectivity index (χ0v) is 21.9. The number of thioether (sulfide) groups is 1. The maximum Gasteiger partial charge on any atom is 0.339 e. The number of amides is 3. The molecule has 1 aliphatic heterocycles. The van der Waals surface area contributed by atoms with E-state index in [1.807, 2.05) is 32.0 Å². The third kappa shape index (κ3) is 5.95. The van der Waals surface area contributed by atoms with Crippen molar-refractivity contribution in [1.82, 2.24) is 4.90 Å². The summed E-state index contributed by atoms with van der Waals surface area (Å²) in [6, 6.07) is 13.8. The van der Waals surface area contributed by atoms with E-state index < -0.39 is 29.6 Å². The minimum Gasteiger partial charge on any atom is -0.462 e. The summed E-state index contributed by atoms with van der Waals surface area (Å²) in [5.41, 5.74) is 3.27. The molecule has 2 aromatic carbocycles. The van der Waals surface area contributed by atoms with Crippen LogP contribution in [0, 0.1) is 13.8 Å². The number of halogens is 1. The van der Waals surface area contributed by atoms with Gasteiger partial charge in [-0.15, -0.1) is 0 Å².